The van der Waals surface area contributed by atoms with Crippen molar-refractivity contribution < 1.29 is 14.3 Å². The van der Waals surface area contributed by atoms with E-state index in [1.807, 2.05) is 20.8 Å². The molecule has 0 fully saturated rings. The number of anilines is 1. The highest BCUT2D eigenvalue weighted by atomic mass is 16.5. The number of carbonyl (C=O) groups is 1. The SMILES string of the molecule is CCCCCC(C)(OCC)C(=O)Nc1ccc(OCC)c(C#N)c1. The summed E-state index contributed by atoms with van der Waals surface area (Å²) < 4.78 is 11.1. The van der Waals surface area contributed by atoms with E-state index in [2.05, 4.69) is 18.3 Å². The molecule has 0 spiro atoms. The molecule has 1 atom stereocenters. The molecule has 1 amide bonds. The molecule has 0 saturated carbocycles. The topological polar surface area (TPSA) is 71.3 Å². The molecule has 1 unspecified atom stereocenters. The smallest absolute Gasteiger partial charge is 0.256 e. The number of nitriles is 1. The summed E-state index contributed by atoms with van der Waals surface area (Å²) in [5.41, 5.74) is 0.107. The number of rotatable bonds is 10. The Morgan fingerprint density at radius 2 is 2.00 bits per heavy atom. The van der Waals surface area contributed by atoms with Gasteiger partial charge < -0.3 is 14.8 Å². The van der Waals surface area contributed by atoms with Crippen LogP contribution in [-0.2, 0) is 9.53 Å². The van der Waals surface area contributed by atoms with E-state index in [1.54, 1.807) is 18.2 Å². The van der Waals surface area contributed by atoms with Gasteiger partial charge in [0.1, 0.15) is 17.4 Å². The molecule has 5 nitrogen and oxygen atoms in total. The average molecular weight is 332 g/mol. The number of carbonyl (C=O) groups excluding carboxylic acids is 1. The Bertz CT molecular complexity index is 580. The largest absolute Gasteiger partial charge is 0.492 e. The molecule has 0 heterocycles. The second kappa shape index (κ2) is 9.94. The minimum Gasteiger partial charge on any atom is -0.492 e. The number of benzene rings is 1. The van der Waals surface area contributed by atoms with E-state index in [-0.39, 0.29) is 5.91 Å². The van der Waals surface area contributed by atoms with E-state index >= 15 is 0 Å². The monoisotopic (exact) mass is 332 g/mol. The molecule has 1 aromatic rings. The van der Waals surface area contributed by atoms with Gasteiger partial charge in [0.15, 0.2) is 0 Å². The third-order valence-electron chi connectivity index (χ3n) is 3.86. The van der Waals surface area contributed by atoms with Gasteiger partial charge in [-0.3, -0.25) is 4.79 Å². The van der Waals surface area contributed by atoms with Crippen molar-refractivity contribution in [1.82, 2.24) is 0 Å². The normalized spacial score (nSPS) is 13.0. The van der Waals surface area contributed by atoms with Crippen LogP contribution in [0.5, 0.6) is 5.75 Å². The van der Waals surface area contributed by atoms with Gasteiger partial charge >= 0.3 is 0 Å². The Kier molecular flexibility index (Phi) is 8.28. The Labute approximate surface area is 145 Å². The minimum absolute atomic E-state index is 0.187. The van der Waals surface area contributed by atoms with Crippen LogP contribution in [0.2, 0.25) is 0 Å². The first-order valence-electron chi connectivity index (χ1n) is 8.63. The number of hydrogen-bond donors (Lipinski definition) is 1. The van der Waals surface area contributed by atoms with Crippen LogP contribution >= 0.6 is 0 Å². The lowest BCUT2D eigenvalue weighted by atomic mass is 9.96. The highest BCUT2D eigenvalue weighted by Crippen LogP contribution is 2.25. The van der Waals surface area contributed by atoms with Crippen molar-refractivity contribution in [2.24, 2.45) is 0 Å². The molecule has 1 rings (SSSR count). The molecule has 0 radical (unpaired) electrons. The molecular weight excluding hydrogens is 304 g/mol. The van der Waals surface area contributed by atoms with Crippen LogP contribution in [0.15, 0.2) is 18.2 Å². The number of nitrogens with zero attached hydrogens (tertiary/aromatic N) is 1. The predicted octanol–water partition coefficient (Wildman–Crippen LogP) is 4.27. The van der Waals surface area contributed by atoms with Crippen molar-refractivity contribution in [2.45, 2.75) is 59.0 Å². The van der Waals surface area contributed by atoms with Gasteiger partial charge in [0.25, 0.3) is 5.91 Å². The van der Waals surface area contributed by atoms with Gasteiger partial charge in [0.2, 0.25) is 0 Å². The fourth-order valence-corrected chi connectivity index (χ4v) is 2.52. The van der Waals surface area contributed by atoms with E-state index in [0.717, 1.165) is 19.3 Å². The molecule has 5 heteroatoms. The third kappa shape index (κ3) is 5.54. The van der Waals surface area contributed by atoms with Crippen LogP contribution in [0.1, 0.15) is 58.9 Å². The number of ether oxygens (including phenoxy) is 2. The second-order valence-corrected chi connectivity index (χ2v) is 5.83. The lowest BCUT2D eigenvalue weighted by molar-refractivity contribution is -0.139. The van der Waals surface area contributed by atoms with Gasteiger partial charge in [-0.2, -0.15) is 5.26 Å². The highest BCUT2D eigenvalue weighted by Gasteiger charge is 2.33. The standard InChI is InChI=1S/C19H28N2O3/c1-5-8-9-12-19(4,24-7-3)18(22)21-16-10-11-17(23-6-2)15(13-16)14-20/h10-11,13H,5-9,12H2,1-4H3,(H,21,22). The Morgan fingerprint density at radius 1 is 1.25 bits per heavy atom. The van der Waals surface area contributed by atoms with Crippen LogP contribution in [-0.4, -0.2) is 24.7 Å². The van der Waals surface area contributed by atoms with Crippen LogP contribution in [0.4, 0.5) is 5.69 Å². The fraction of sp³-hybridized carbons (Fsp3) is 0.579. The minimum atomic E-state index is -0.866. The first-order valence-corrected chi connectivity index (χ1v) is 8.63. The van der Waals surface area contributed by atoms with Gasteiger partial charge in [-0.05, 0) is 45.4 Å². The zero-order valence-electron chi connectivity index (χ0n) is 15.1. The van der Waals surface area contributed by atoms with Crippen LogP contribution in [0.3, 0.4) is 0 Å². The third-order valence-corrected chi connectivity index (χ3v) is 3.86. The van der Waals surface area contributed by atoms with Crippen molar-refractivity contribution >= 4 is 11.6 Å². The Hall–Kier alpha value is -2.06. The van der Waals surface area contributed by atoms with Gasteiger partial charge in [0, 0.05) is 12.3 Å². The molecule has 1 N–H and O–H groups in total. The molecule has 0 aliphatic rings. The van der Waals surface area contributed by atoms with E-state index in [9.17, 15) is 10.1 Å². The molecule has 0 aliphatic heterocycles. The first kappa shape index (κ1) is 20.0. The fourth-order valence-electron chi connectivity index (χ4n) is 2.52. The summed E-state index contributed by atoms with van der Waals surface area (Å²) in [4.78, 5) is 12.7. The van der Waals surface area contributed by atoms with Crippen LogP contribution in [0.25, 0.3) is 0 Å². The lowest BCUT2D eigenvalue weighted by Crippen LogP contribution is -2.42. The molecule has 0 aromatic heterocycles. The molecule has 0 saturated heterocycles. The number of unbranched alkanes of at least 4 members (excludes halogenated alkanes) is 2. The highest BCUT2D eigenvalue weighted by molar-refractivity contribution is 5.97. The Balaban J connectivity index is 2.88. The summed E-state index contributed by atoms with van der Waals surface area (Å²) in [5, 5.41) is 12.1. The molecule has 132 valence electrons. The predicted molar refractivity (Wildman–Crippen MR) is 95.1 cm³/mol. The molecule has 0 aliphatic carbocycles. The maximum atomic E-state index is 12.7. The molecular formula is C19H28N2O3. The molecule has 0 bridgehead atoms. The zero-order valence-corrected chi connectivity index (χ0v) is 15.1. The average Bonchev–Trinajstić information content (AvgIpc) is 2.56. The first-order chi connectivity index (χ1) is 11.5. The van der Waals surface area contributed by atoms with Crippen LogP contribution < -0.4 is 10.1 Å². The zero-order chi connectivity index (χ0) is 18.0. The van der Waals surface area contributed by atoms with Crippen molar-refractivity contribution in [3.63, 3.8) is 0 Å². The number of hydrogen-bond acceptors (Lipinski definition) is 4. The van der Waals surface area contributed by atoms with Crippen molar-refractivity contribution in [3.8, 4) is 11.8 Å². The summed E-state index contributed by atoms with van der Waals surface area (Å²) in [6.45, 7) is 8.66. The van der Waals surface area contributed by atoms with Gasteiger partial charge in [-0.1, -0.05) is 26.2 Å². The second-order valence-electron chi connectivity index (χ2n) is 5.83. The number of nitrogens with one attached hydrogen (secondary N) is 1. The Morgan fingerprint density at radius 3 is 2.58 bits per heavy atom. The molecule has 24 heavy (non-hydrogen) atoms. The maximum absolute atomic E-state index is 12.7. The summed E-state index contributed by atoms with van der Waals surface area (Å²) in [6, 6.07) is 7.16. The van der Waals surface area contributed by atoms with E-state index in [0.29, 0.717) is 36.6 Å². The van der Waals surface area contributed by atoms with Crippen molar-refractivity contribution in [3.05, 3.63) is 23.8 Å². The lowest BCUT2D eigenvalue weighted by Gasteiger charge is -2.28. The van der Waals surface area contributed by atoms with Gasteiger partial charge in [0.05, 0.1) is 12.2 Å². The number of amides is 1. The molecule has 1 aromatic carbocycles. The quantitative estimate of drug-likeness (QED) is 0.649. The maximum Gasteiger partial charge on any atom is 0.256 e. The van der Waals surface area contributed by atoms with Gasteiger partial charge in [-0.25, -0.2) is 0 Å². The van der Waals surface area contributed by atoms with E-state index in [1.165, 1.54) is 0 Å². The van der Waals surface area contributed by atoms with Crippen molar-refractivity contribution in [2.75, 3.05) is 18.5 Å². The summed E-state index contributed by atoms with van der Waals surface area (Å²) >= 11 is 0. The summed E-state index contributed by atoms with van der Waals surface area (Å²) in [7, 11) is 0. The van der Waals surface area contributed by atoms with Gasteiger partial charge in [-0.15, -0.1) is 0 Å². The summed E-state index contributed by atoms with van der Waals surface area (Å²) in [6.07, 6.45) is 3.77. The summed E-state index contributed by atoms with van der Waals surface area (Å²) in [5.74, 6) is 0.335. The van der Waals surface area contributed by atoms with Crippen molar-refractivity contribution in [1.29, 1.82) is 5.26 Å². The van der Waals surface area contributed by atoms with E-state index < -0.39 is 5.60 Å². The van der Waals surface area contributed by atoms with Crippen LogP contribution in [0, 0.1) is 11.3 Å². The van der Waals surface area contributed by atoms with E-state index in [4.69, 9.17) is 9.47 Å².